The first-order valence-corrected chi connectivity index (χ1v) is 8.56. The van der Waals surface area contributed by atoms with Gasteiger partial charge in [-0.1, -0.05) is 5.16 Å². The highest BCUT2D eigenvalue weighted by Gasteiger charge is 2.22. The normalized spacial score (nSPS) is 15.9. The first-order valence-electron chi connectivity index (χ1n) is 6.93. The molecule has 0 unspecified atom stereocenters. The Kier molecular flexibility index (Phi) is 3.44. The lowest BCUT2D eigenvalue weighted by Crippen LogP contribution is -2.10. The number of aryl methyl sites for hydroxylation is 1. The molecule has 1 aliphatic rings. The van der Waals surface area contributed by atoms with Crippen LogP contribution in [0.5, 0.6) is 0 Å². The van der Waals surface area contributed by atoms with Crippen LogP contribution in [-0.2, 0) is 6.42 Å². The highest BCUT2D eigenvalue weighted by Crippen LogP contribution is 2.37. The van der Waals surface area contributed by atoms with Crippen molar-refractivity contribution < 1.29 is 5.21 Å². The van der Waals surface area contributed by atoms with Gasteiger partial charge in [-0.3, -0.25) is 4.98 Å². The minimum Gasteiger partial charge on any atom is -0.411 e. The van der Waals surface area contributed by atoms with Gasteiger partial charge in [-0.15, -0.1) is 22.7 Å². The van der Waals surface area contributed by atoms with Crippen LogP contribution < -0.4 is 0 Å². The van der Waals surface area contributed by atoms with E-state index in [-0.39, 0.29) is 0 Å². The monoisotopic (exact) mass is 328 g/mol. The fourth-order valence-electron chi connectivity index (χ4n) is 2.48. The summed E-state index contributed by atoms with van der Waals surface area (Å²) >= 11 is 3.27. The van der Waals surface area contributed by atoms with Crippen LogP contribution in [0, 0.1) is 0 Å². The smallest absolute Gasteiger partial charge is 0.136 e. The van der Waals surface area contributed by atoms with Crippen molar-refractivity contribution in [2.45, 2.75) is 19.3 Å². The number of hydrogen-bond acceptors (Lipinski definition) is 7. The Morgan fingerprint density at radius 2 is 2.09 bits per heavy atom. The minimum atomic E-state index is 0.695. The van der Waals surface area contributed by atoms with Gasteiger partial charge in [0.05, 0.1) is 4.88 Å². The lowest BCUT2D eigenvalue weighted by Gasteiger charge is -2.09. The topological polar surface area (TPSA) is 71.3 Å². The molecule has 22 heavy (non-hydrogen) atoms. The second-order valence-electron chi connectivity index (χ2n) is 4.96. The molecule has 0 saturated heterocycles. The molecule has 0 aromatic carbocycles. The van der Waals surface area contributed by atoms with E-state index in [0.717, 1.165) is 45.4 Å². The molecule has 0 bridgehead atoms. The van der Waals surface area contributed by atoms with Crippen molar-refractivity contribution in [2.75, 3.05) is 0 Å². The SMILES string of the molecule is O/N=C1\CCCc2sc(-c3cnc(-c4cccnc4)s3)nc21. The van der Waals surface area contributed by atoms with E-state index in [1.54, 1.807) is 28.9 Å². The van der Waals surface area contributed by atoms with Gasteiger partial charge in [0.1, 0.15) is 21.4 Å². The molecule has 0 saturated carbocycles. The summed E-state index contributed by atoms with van der Waals surface area (Å²) in [6.45, 7) is 0. The van der Waals surface area contributed by atoms with Gasteiger partial charge in [0.25, 0.3) is 0 Å². The second-order valence-corrected chi connectivity index (χ2v) is 7.08. The number of nitrogens with zero attached hydrogens (tertiary/aromatic N) is 4. The van der Waals surface area contributed by atoms with E-state index in [1.165, 1.54) is 4.88 Å². The van der Waals surface area contributed by atoms with Gasteiger partial charge in [-0.2, -0.15) is 0 Å². The van der Waals surface area contributed by atoms with Crippen LogP contribution in [0.4, 0.5) is 0 Å². The summed E-state index contributed by atoms with van der Waals surface area (Å²) < 4.78 is 0. The summed E-state index contributed by atoms with van der Waals surface area (Å²) in [7, 11) is 0. The molecule has 0 amide bonds. The molecule has 0 atom stereocenters. The quantitative estimate of drug-likeness (QED) is 0.573. The first kappa shape index (κ1) is 13.5. The Morgan fingerprint density at radius 1 is 1.14 bits per heavy atom. The van der Waals surface area contributed by atoms with E-state index < -0.39 is 0 Å². The Hall–Kier alpha value is -2.12. The van der Waals surface area contributed by atoms with E-state index in [9.17, 15) is 0 Å². The molecule has 5 nitrogen and oxygen atoms in total. The number of oxime groups is 1. The van der Waals surface area contributed by atoms with Crippen molar-refractivity contribution in [3.8, 4) is 20.5 Å². The van der Waals surface area contributed by atoms with E-state index >= 15 is 0 Å². The lowest BCUT2D eigenvalue weighted by atomic mass is 10.0. The summed E-state index contributed by atoms with van der Waals surface area (Å²) in [4.78, 5) is 15.5. The minimum absolute atomic E-state index is 0.695. The summed E-state index contributed by atoms with van der Waals surface area (Å²) in [5, 5.41) is 14.4. The number of aromatic nitrogens is 3. The molecule has 3 aromatic rings. The zero-order chi connectivity index (χ0) is 14.9. The molecule has 7 heteroatoms. The number of hydrogen-bond donors (Lipinski definition) is 1. The van der Waals surface area contributed by atoms with Crippen molar-refractivity contribution in [3.05, 3.63) is 41.3 Å². The highest BCUT2D eigenvalue weighted by atomic mass is 32.1. The Balaban J connectivity index is 1.72. The van der Waals surface area contributed by atoms with E-state index in [0.29, 0.717) is 5.71 Å². The van der Waals surface area contributed by atoms with Crippen molar-refractivity contribution in [1.82, 2.24) is 15.0 Å². The molecule has 0 radical (unpaired) electrons. The van der Waals surface area contributed by atoms with Gasteiger partial charge in [0, 0.05) is 29.0 Å². The number of pyridine rings is 1. The van der Waals surface area contributed by atoms with Gasteiger partial charge in [-0.05, 0) is 31.4 Å². The van der Waals surface area contributed by atoms with Crippen molar-refractivity contribution in [2.24, 2.45) is 5.16 Å². The van der Waals surface area contributed by atoms with Crippen LogP contribution in [0.25, 0.3) is 20.5 Å². The molecule has 0 aliphatic heterocycles. The molecule has 0 spiro atoms. The lowest BCUT2D eigenvalue weighted by molar-refractivity contribution is 0.317. The third-order valence-corrected chi connectivity index (χ3v) is 5.86. The van der Waals surface area contributed by atoms with Crippen LogP contribution in [0.3, 0.4) is 0 Å². The molecule has 1 aliphatic carbocycles. The van der Waals surface area contributed by atoms with Crippen LogP contribution in [0.2, 0.25) is 0 Å². The Labute approximate surface area is 135 Å². The van der Waals surface area contributed by atoms with Crippen molar-refractivity contribution in [1.29, 1.82) is 0 Å². The Morgan fingerprint density at radius 3 is 2.91 bits per heavy atom. The average molecular weight is 328 g/mol. The Bertz CT molecular complexity index is 838. The summed E-state index contributed by atoms with van der Waals surface area (Å²) in [5.74, 6) is 0. The number of rotatable bonds is 2. The van der Waals surface area contributed by atoms with Crippen LogP contribution in [0.1, 0.15) is 23.4 Å². The molecule has 4 rings (SSSR count). The largest absolute Gasteiger partial charge is 0.411 e. The zero-order valence-corrected chi connectivity index (χ0v) is 13.2. The van der Waals surface area contributed by atoms with Crippen LogP contribution in [0.15, 0.2) is 35.9 Å². The van der Waals surface area contributed by atoms with Gasteiger partial charge < -0.3 is 5.21 Å². The molecule has 0 fully saturated rings. The standard InChI is InChI=1S/C15H12N4OS2/c20-19-10-4-1-5-11-13(10)18-15(21-11)12-8-17-14(22-12)9-3-2-6-16-7-9/h2-3,6-8,20H,1,4-5H2/b19-10+. The van der Waals surface area contributed by atoms with Crippen LogP contribution in [-0.4, -0.2) is 25.9 Å². The fourth-order valence-corrected chi connectivity index (χ4v) is 4.55. The fraction of sp³-hybridized carbons (Fsp3) is 0.200. The summed E-state index contributed by atoms with van der Waals surface area (Å²) in [6, 6.07) is 3.90. The van der Waals surface area contributed by atoms with Crippen molar-refractivity contribution in [3.63, 3.8) is 0 Å². The molecular weight excluding hydrogens is 316 g/mol. The van der Waals surface area contributed by atoms with E-state index in [4.69, 9.17) is 5.21 Å². The first-order chi connectivity index (χ1) is 10.8. The third kappa shape index (κ3) is 2.32. The molecule has 3 aromatic heterocycles. The maximum atomic E-state index is 9.11. The maximum absolute atomic E-state index is 9.11. The molecule has 110 valence electrons. The molecular formula is C15H12N4OS2. The second kappa shape index (κ2) is 5.58. The maximum Gasteiger partial charge on any atom is 0.136 e. The van der Waals surface area contributed by atoms with Crippen LogP contribution >= 0.6 is 22.7 Å². The molecule has 3 heterocycles. The predicted molar refractivity (Wildman–Crippen MR) is 87.7 cm³/mol. The van der Waals surface area contributed by atoms with E-state index in [2.05, 4.69) is 20.1 Å². The summed E-state index contributed by atoms with van der Waals surface area (Å²) in [6.07, 6.45) is 8.22. The zero-order valence-electron chi connectivity index (χ0n) is 11.6. The third-order valence-electron chi connectivity index (χ3n) is 3.53. The van der Waals surface area contributed by atoms with Crippen molar-refractivity contribution >= 4 is 28.4 Å². The van der Waals surface area contributed by atoms with Gasteiger partial charge >= 0.3 is 0 Å². The average Bonchev–Trinajstić information content (AvgIpc) is 3.21. The number of thiazole rings is 2. The molecule has 1 N–H and O–H groups in total. The highest BCUT2D eigenvalue weighted by molar-refractivity contribution is 7.23. The van der Waals surface area contributed by atoms with Gasteiger partial charge in [0.15, 0.2) is 0 Å². The van der Waals surface area contributed by atoms with Gasteiger partial charge in [0.2, 0.25) is 0 Å². The number of fused-ring (bicyclic) bond motifs is 1. The van der Waals surface area contributed by atoms with E-state index in [1.807, 2.05) is 24.5 Å². The summed E-state index contributed by atoms with van der Waals surface area (Å²) in [5.41, 5.74) is 2.56. The predicted octanol–water partition coefficient (Wildman–Crippen LogP) is 3.84. The van der Waals surface area contributed by atoms with Gasteiger partial charge in [-0.25, -0.2) is 9.97 Å².